The van der Waals surface area contributed by atoms with Gasteiger partial charge in [0.25, 0.3) is 0 Å². The Kier molecular flexibility index (Phi) is 12.9. The predicted octanol–water partition coefficient (Wildman–Crippen LogP) is 13.2. The zero-order chi connectivity index (χ0) is 45.5. The van der Waals surface area contributed by atoms with E-state index in [-0.39, 0.29) is 0 Å². The number of hydrogen-bond donors (Lipinski definition) is 0. The van der Waals surface area contributed by atoms with Crippen molar-refractivity contribution in [3.05, 3.63) is 277 Å². The molecule has 0 N–H and O–H groups in total. The molecule has 0 bridgehead atoms. The van der Waals surface area contributed by atoms with Crippen molar-refractivity contribution in [2.75, 3.05) is 0 Å². The Morgan fingerprint density at radius 3 is 0.912 bits per heavy atom. The largest absolute Gasteiger partial charge is 0.250 e. The molecule has 11 aromatic rings. The lowest BCUT2D eigenvalue weighted by Crippen LogP contribution is -2.23. The van der Waals surface area contributed by atoms with Crippen LogP contribution < -0.4 is 31.8 Å². The van der Waals surface area contributed by atoms with E-state index in [9.17, 15) is 0 Å². The van der Waals surface area contributed by atoms with Crippen molar-refractivity contribution in [1.29, 1.82) is 0 Å². The first-order valence-corrected chi connectivity index (χ1v) is 26.3. The summed E-state index contributed by atoms with van der Waals surface area (Å²) in [5.74, 6) is 0. The maximum absolute atomic E-state index is 5.64. The third kappa shape index (κ3) is 9.19. The Bertz CT molecular complexity index is 3130. The summed E-state index contributed by atoms with van der Waals surface area (Å²) >= 11 is 0. The number of nitrogens with zero attached hydrogens (tertiary/aromatic N) is 2. The molecule has 0 saturated heterocycles. The molecular formula is C64H50N2P2. The van der Waals surface area contributed by atoms with E-state index in [1.165, 1.54) is 65.2 Å². The van der Waals surface area contributed by atoms with Crippen molar-refractivity contribution < 1.29 is 0 Å². The minimum atomic E-state index is -0.751. The average Bonchev–Trinajstić information content (AvgIpc) is 3.41. The number of rotatable bonds is 14. The number of aromatic nitrogens is 2. The molecule has 4 heteroatoms. The van der Waals surface area contributed by atoms with Gasteiger partial charge >= 0.3 is 0 Å². The van der Waals surface area contributed by atoms with Gasteiger partial charge in [0.05, 0.1) is 11.0 Å². The quantitative estimate of drug-likeness (QED) is 0.0802. The second-order valence-electron chi connectivity index (χ2n) is 17.2. The third-order valence-corrected chi connectivity index (χ3v) is 18.0. The summed E-state index contributed by atoms with van der Waals surface area (Å²) in [5.41, 5.74) is 11.5. The topological polar surface area (TPSA) is 25.8 Å². The van der Waals surface area contributed by atoms with E-state index < -0.39 is 15.8 Å². The first kappa shape index (κ1) is 43.2. The van der Waals surface area contributed by atoms with Crippen LogP contribution in [0.3, 0.4) is 0 Å². The molecule has 2 nitrogen and oxygen atoms in total. The summed E-state index contributed by atoms with van der Waals surface area (Å²) in [7, 11) is -1.50. The van der Waals surface area contributed by atoms with Gasteiger partial charge in [-0.05, 0) is 119 Å². The van der Waals surface area contributed by atoms with Crippen LogP contribution in [0.4, 0.5) is 0 Å². The summed E-state index contributed by atoms with van der Waals surface area (Å²) in [6, 6.07) is 93.1. The van der Waals surface area contributed by atoms with Crippen LogP contribution in [-0.4, -0.2) is 9.97 Å². The van der Waals surface area contributed by atoms with E-state index in [0.717, 1.165) is 58.9 Å². The van der Waals surface area contributed by atoms with E-state index in [1.807, 2.05) is 0 Å². The molecule has 0 unspecified atom stereocenters. The van der Waals surface area contributed by atoms with Gasteiger partial charge in [-0.2, -0.15) is 0 Å². The van der Waals surface area contributed by atoms with E-state index in [4.69, 9.17) is 9.97 Å². The van der Waals surface area contributed by atoms with Crippen molar-refractivity contribution in [2.24, 2.45) is 0 Å². The first-order valence-electron chi connectivity index (χ1n) is 23.6. The molecule has 11 rings (SSSR count). The first-order chi connectivity index (χ1) is 33.7. The fourth-order valence-electron chi connectivity index (χ4n) is 9.62. The van der Waals surface area contributed by atoms with Crippen molar-refractivity contribution in [3.63, 3.8) is 0 Å². The lowest BCUT2D eigenvalue weighted by atomic mass is 9.94. The van der Waals surface area contributed by atoms with Crippen LogP contribution in [0.5, 0.6) is 0 Å². The Morgan fingerprint density at radius 2 is 0.574 bits per heavy atom. The number of fused-ring (bicyclic) bond motifs is 3. The molecule has 0 saturated carbocycles. The zero-order valence-corrected chi connectivity index (χ0v) is 39.7. The van der Waals surface area contributed by atoms with Crippen LogP contribution in [0.1, 0.15) is 22.5 Å². The third-order valence-electron chi connectivity index (χ3n) is 12.9. The summed E-state index contributed by atoms with van der Waals surface area (Å²) in [6.07, 6.45) is 3.33. The van der Waals surface area contributed by atoms with E-state index in [1.54, 1.807) is 0 Å². The molecule has 0 aliphatic heterocycles. The number of pyridine rings is 2. The zero-order valence-electron chi connectivity index (χ0n) is 37.9. The second-order valence-corrected chi connectivity index (χ2v) is 21.6. The molecule has 0 radical (unpaired) electrons. The Balaban J connectivity index is 1.02. The highest BCUT2D eigenvalue weighted by Crippen LogP contribution is 2.39. The summed E-state index contributed by atoms with van der Waals surface area (Å²) in [6.45, 7) is 0. The summed E-state index contributed by atoms with van der Waals surface area (Å²) in [5, 5.41) is 10.5. The molecule has 0 aliphatic carbocycles. The predicted molar refractivity (Wildman–Crippen MR) is 293 cm³/mol. The molecule has 0 aliphatic rings. The Labute approximate surface area is 402 Å². The fraction of sp³-hybridized carbons (Fsp3) is 0.0625. The van der Waals surface area contributed by atoms with Gasteiger partial charge in [-0.15, -0.1) is 0 Å². The SMILES string of the molecule is c1ccc(-c2cc(CCc3ccccc3P(c3ccccc3)c3ccccc3)nc3c2ccc2c(-c4ccccc4)cc(CCc4ccccc4P(c4ccccc4)c4ccccc4)nc23)cc1. The summed E-state index contributed by atoms with van der Waals surface area (Å²) < 4.78 is 0. The van der Waals surface area contributed by atoms with Gasteiger partial charge in [-0.25, -0.2) is 0 Å². The van der Waals surface area contributed by atoms with Crippen LogP contribution in [0, 0.1) is 0 Å². The van der Waals surface area contributed by atoms with Crippen LogP contribution in [0.25, 0.3) is 44.1 Å². The minimum absolute atomic E-state index is 0.751. The van der Waals surface area contributed by atoms with Gasteiger partial charge in [0.1, 0.15) is 0 Å². The molecular weight excluding hydrogens is 859 g/mol. The van der Waals surface area contributed by atoms with Gasteiger partial charge in [-0.1, -0.05) is 243 Å². The average molecular weight is 909 g/mol. The normalized spacial score (nSPS) is 11.4. The van der Waals surface area contributed by atoms with Crippen LogP contribution in [0.15, 0.2) is 255 Å². The highest BCUT2D eigenvalue weighted by atomic mass is 31.1. The molecule has 0 amide bonds. The second kappa shape index (κ2) is 20.3. The highest BCUT2D eigenvalue weighted by Gasteiger charge is 2.22. The van der Waals surface area contributed by atoms with Crippen LogP contribution >= 0.6 is 15.8 Å². The molecule has 9 aromatic carbocycles. The molecule has 2 heterocycles. The minimum Gasteiger partial charge on any atom is -0.250 e. The van der Waals surface area contributed by atoms with Crippen molar-refractivity contribution in [1.82, 2.24) is 9.97 Å². The smallest absolute Gasteiger partial charge is 0.0974 e. The maximum atomic E-state index is 5.64. The number of benzene rings is 9. The number of aryl methyl sites for hydroxylation is 4. The van der Waals surface area contributed by atoms with Crippen molar-refractivity contribution in [3.8, 4) is 22.3 Å². The van der Waals surface area contributed by atoms with E-state index >= 15 is 0 Å². The highest BCUT2D eigenvalue weighted by molar-refractivity contribution is 7.80. The van der Waals surface area contributed by atoms with Crippen LogP contribution in [0.2, 0.25) is 0 Å². The fourth-order valence-corrected chi connectivity index (χ4v) is 14.6. The van der Waals surface area contributed by atoms with Crippen molar-refractivity contribution in [2.45, 2.75) is 25.7 Å². The van der Waals surface area contributed by atoms with Crippen LogP contribution in [-0.2, 0) is 25.7 Å². The van der Waals surface area contributed by atoms with E-state index in [0.29, 0.717) is 0 Å². The lowest BCUT2D eigenvalue weighted by Gasteiger charge is -2.22. The Hall–Kier alpha value is -7.34. The standard InChI is InChI=1S/C64H50N2P2/c1-7-23-47(24-8-1)59-45-51(41-39-49-27-19-21-37-61(49)67(53-29-11-3-12-30-53)54-31-13-4-14-32-54)65-63-57(59)43-44-58-60(48-25-9-2-10-26-48)46-52(66-64(58)63)42-40-50-28-20-22-38-62(50)68(55-33-15-5-16-34-55)56-35-17-6-18-36-56/h1-38,43-46H,39-42H2. The molecule has 0 fully saturated rings. The molecule has 68 heavy (non-hydrogen) atoms. The van der Waals surface area contributed by atoms with Gasteiger partial charge in [0.15, 0.2) is 0 Å². The maximum Gasteiger partial charge on any atom is 0.0974 e. The molecule has 0 atom stereocenters. The van der Waals surface area contributed by atoms with E-state index in [2.05, 4.69) is 255 Å². The van der Waals surface area contributed by atoms with Gasteiger partial charge in [0, 0.05) is 22.2 Å². The molecule has 0 spiro atoms. The van der Waals surface area contributed by atoms with Crippen molar-refractivity contribution >= 4 is 69.5 Å². The lowest BCUT2D eigenvalue weighted by molar-refractivity contribution is 0.923. The van der Waals surface area contributed by atoms with Gasteiger partial charge in [-0.3, -0.25) is 9.97 Å². The summed E-state index contributed by atoms with van der Waals surface area (Å²) in [4.78, 5) is 11.3. The monoisotopic (exact) mass is 908 g/mol. The Morgan fingerprint density at radius 1 is 0.279 bits per heavy atom. The van der Waals surface area contributed by atoms with Gasteiger partial charge in [0.2, 0.25) is 0 Å². The van der Waals surface area contributed by atoms with Gasteiger partial charge < -0.3 is 0 Å². The molecule has 2 aromatic heterocycles. The number of hydrogen-bond acceptors (Lipinski definition) is 2. The molecule has 326 valence electrons.